The third-order valence-electron chi connectivity index (χ3n) is 4.39. The number of ether oxygens (including phenoxy) is 1. The Balaban J connectivity index is 0.00000220. The molecule has 0 aliphatic carbocycles. The van der Waals surface area contributed by atoms with Gasteiger partial charge in [0.05, 0.1) is 13.2 Å². The molecule has 2 aliphatic heterocycles. The number of carbonyl (C=O) groups is 1. The van der Waals surface area contributed by atoms with E-state index in [2.05, 4.69) is 29.4 Å². The van der Waals surface area contributed by atoms with Gasteiger partial charge in [-0.3, -0.25) is 9.69 Å². The average Bonchev–Trinajstić information content (AvgIpc) is 2.92. The fourth-order valence-electron chi connectivity index (χ4n) is 3.14. The first kappa shape index (κ1) is 21.9. The number of morpholine rings is 1. The maximum Gasteiger partial charge on any atom is 0.221 e. The van der Waals surface area contributed by atoms with Crippen molar-refractivity contribution in [3.05, 3.63) is 0 Å². The highest BCUT2D eigenvalue weighted by molar-refractivity contribution is 5.85. The van der Waals surface area contributed by atoms with Crippen molar-refractivity contribution in [1.82, 2.24) is 15.5 Å². The normalized spacial score (nSPS) is 23.5. The lowest BCUT2D eigenvalue weighted by Crippen LogP contribution is -2.51. The van der Waals surface area contributed by atoms with Crippen molar-refractivity contribution in [2.75, 3.05) is 39.4 Å². The van der Waals surface area contributed by atoms with Crippen LogP contribution in [0.5, 0.6) is 0 Å². The summed E-state index contributed by atoms with van der Waals surface area (Å²) in [7, 11) is 0. The second-order valence-electron chi connectivity index (χ2n) is 6.26. The van der Waals surface area contributed by atoms with E-state index in [1.807, 2.05) is 0 Å². The maximum absolute atomic E-state index is 12.0. The minimum absolute atomic E-state index is 0. The third-order valence-corrected chi connectivity index (χ3v) is 4.39. The standard InChI is InChI=1S/C15H29N3O2.2ClH/c1-12(2)14(18-6-8-20-9-7-18)11-17-15(19)10-13-4-3-5-16-13;;/h12-14,16H,3-11H2,1-2H3,(H,17,19);2*1H. The molecule has 0 bridgehead atoms. The van der Waals surface area contributed by atoms with Crippen LogP contribution in [-0.4, -0.2) is 62.3 Å². The molecule has 132 valence electrons. The van der Waals surface area contributed by atoms with Gasteiger partial charge in [0.15, 0.2) is 0 Å². The summed E-state index contributed by atoms with van der Waals surface area (Å²) in [5.41, 5.74) is 0. The maximum atomic E-state index is 12.0. The predicted molar refractivity (Wildman–Crippen MR) is 94.2 cm³/mol. The van der Waals surface area contributed by atoms with Crippen LogP contribution < -0.4 is 10.6 Å². The molecule has 22 heavy (non-hydrogen) atoms. The Labute approximate surface area is 146 Å². The molecule has 7 heteroatoms. The molecule has 2 rings (SSSR count). The molecule has 2 unspecified atom stereocenters. The SMILES string of the molecule is CC(C)C(CNC(=O)CC1CCCN1)N1CCOCC1.Cl.Cl. The molecule has 0 saturated carbocycles. The fourth-order valence-corrected chi connectivity index (χ4v) is 3.14. The van der Waals surface area contributed by atoms with Gasteiger partial charge in [0.2, 0.25) is 5.91 Å². The summed E-state index contributed by atoms with van der Waals surface area (Å²) >= 11 is 0. The highest BCUT2D eigenvalue weighted by Crippen LogP contribution is 2.13. The van der Waals surface area contributed by atoms with E-state index in [-0.39, 0.29) is 30.7 Å². The first-order valence-electron chi connectivity index (χ1n) is 7.98. The van der Waals surface area contributed by atoms with E-state index in [9.17, 15) is 4.79 Å². The number of hydrogen-bond acceptors (Lipinski definition) is 4. The van der Waals surface area contributed by atoms with E-state index in [1.54, 1.807) is 0 Å². The molecule has 2 fully saturated rings. The minimum Gasteiger partial charge on any atom is -0.379 e. The molecule has 0 aromatic rings. The zero-order valence-electron chi connectivity index (χ0n) is 13.7. The van der Waals surface area contributed by atoms with Crippen LogP contribution in [-0.2, 0) is 9.53 Å². The van der Waals surface area contributed by atoms with E-state index in [1.165, 1.54) is 6.42 Å². The number of hydrogen-bond donors (Lipinski definition) is 2. The minimum atomic E-state index is 0. The van der Waals surface area contributed by atoms with Crippen LogP contribution in [0.1, 0.15) is 33.1 Å². The smallest absolute Gasteiger partial charge is 0.221 e. The van der Waals surface area contributed by atoms with Crippen LogP contribution >= 0.6 is 24.8 Å². The van der Waals surface area contributed by atoms with Crippen LogP contribution in [0.4, 0.5) is 0 Å². The number of amides is 1. The first-order chi connectivity index (χ1) is 9.66. The van der Waals surface area contributed by atoms with Crippen molar-refractivity contribution in [3.63, 3.8) is 0 Å². The number of nitrogens with one attached hydrogen (secondary N) is 2. The van der Waals surface area contributed by atoms with E-state index in [0.29, 0.717) is 24.4 Å². The van der Waals surface area contributed by atoms with Gasteiger partial charge in [-0.1, -0.05) is 13.8 Å². The Morgan fingerprint density at radius 2 is 2.00 bits per heavy atom. The number of halogens is 2. The van der Waals surface area contributed by atoms with Gasteiger partial charge in [0.1, 0.15) is 0 Å². The molecule has 0 spiro atoms. The first-order valence-corrected chi connectivity index (χ1v) is 7.98. The van der Waals surface area contributed by atoms with Crippen molar-refractivity contribution in [3.8, 4) is 0 Å². The fraction of sp³-hybridized carbons (Fsp3) is 0.933. The molecule has 5 nitrogen and oxygen atoms in total. The predicted octanol–water partition coefficient (Wildman–Crippen LogP) is 1.45. The zero-order valence-corrected chi connectivity index (χ0v) is 15.3. The Hall–Kier alpha value is -0.0700. The summed E-state index contributed by atoms with van der Waals surface area (Å²) in [5, 5.41) is 6.50. The van der Waals surface area contributed by atoms with Crippen molar-refractivity contribution >= 4 is 30.7 Å². The molecular formula is C15H31Cl2N3O2. The molecular weight excluding hydrogens is 325 g/mol. The van der Waals surface area contributed by atoms with Gasteiger partial charge in [-0.15, -0.1) is 24.8 Å². The lowest BCUT2D eigenvalue weighted by molar-refractivity contribution is -0.122. The molecule has 2 N–H and O–H groups in total. The molecule has 2 aliphatic rings. The summed E-state index contributed by atoms with van der Waals surface area (Å²) in [6.45, 7) is 9.83. The Kier molecular flexibility index (Phi) is 11.4. The monoisotopic (exact) mass is 355 g/mol. The number of rotatable bonds is 6. The van der Waals surface area contributed by atoms with E-state index < -0.39 is 0 Å². The molecule has 2 heterocycles. The third kappa shape index (κ3) is 7.01. The average molecular weight is 356 g/mol. The molecule has 2 saturated heterocycles. The van der Waals surface area contributed by atoms with E-state index in [4.69, 9.17) is 4.74 Å². The Morgan fingerprint density at radius 3 is 2.55 bits per heavy atom. The van der Waals surface area contributed by atoms with Gasteiger partial charge in [-0.25, -0.2) is 0 Å². The molecule has 0 aromatic heterocycles. The van der Waals surface area contributed by atoms with Gasteiger partial charge in [-0.2, -0.15) is 0 Å². The van der Waals surface area contributed by atoms with Crippen molar-refractivity contribution in [1.29, 1.82) is 0 Å². The lowest BCUT2D eigenvalue weighted by Gasteiger charge is -2.37. The van der Waals surface area contributed by atoms with Gasteiger partial charge in [0.25, 0.3) is 0 Å². The van der Waals surface area contributed by atoms with Crippen molar-refractivity contribution in [2.45, 2.75) is 45.2 Å². The zero-order chi connectivity index (χ0) is 14.4. The van der Waals surface area contributed by atoms with Gasteiger partial charge < -0.3 is 15.4 Å². The summed E-state index contributed by atoms with van der Waals surface area (Å²) in [5.74, 6) is 0.723. The number of nitrogens with zero attached hydrogens (tertiary/aromatic N) is 1. The topological polar surface area (TPSA) is 53.6 Å². The van der Waals surface area contributed by atoms with E-state index in [0.717, 1.165) is 45.8 Å². The van der Waals surface area contributed by atoms with Crippen LogP contribution in [0, 0.1) is 5.92 Å². The van der Waals surface area contributed by atoms with Gasteiger partial charge >= 0.3 is 0 Å². The van der Waals surface area contributed by atoms with Gasteiger partial charge in [-0.05, 0) is 25.3 Å². The van der Waals surface area contributed by atoms with Crippen molar-refractivity contribution in [2.24, 2.45) is 5.92 Å². The Morgan fingerprint density at radius 1 is 1.32 bits per heavy atom. The molecule has 0 radical (unpaired) electrons. The quantitative estimate of drug-likeness (QED) is 0.756. The van der Waals surface area contributed by atoms with Crippen LogP contribution in [0.15, 0.2) is 0 Å². The summed E-state index contributed by atoms with van der Waals surface area (Å²) < 4.78 is 5.41. The molecule has 1 amide bonds. The molecule has 2 atom stereocenters. The summed E-state index contributed by atoms with van der Waals surface area (Å²) in [4.78, 5) is 14.5. The largest absolute Gasteiger partial charge is 0.379 e. The van der Waals surface area contributed by atoms with Crippen molar-refractivity contribution < 1.29 is 9.53 Å². The van der Waals surface area contributed by atoms with Crippen LogP contribution in [0.3, 0.4) is 0 Å². The van der Waals surface area contributed by atoms with E-state index >= 15 is 0 Å². The number of carbonyl (C=O) groups excluding carboxylic acids is 1. The Bertz CT molecular complexity index is 307. The summed E-state index contributed by atoms with van der Waals surface area (Å²) in [6, 6.07) is 0.801. The van der Waals surface area contributed by atoms with Gasteiger partial charge in [0, 0.05) is 38.1 Å². The lowest BCUT2D eigenvalue weighted by atomic mass is 10.0. The van der Waals surface area contributed by atoms with Crippen LogP contribution in [0.25, 0.3) is 0 Å². The summed E-state index contributed by atoms with van der Waals surface area (Å²) in [6.07, 6.45) is 2.94. The van der Waals surface area contributed by atoms with Crippen LogP contribution in [0.2, 0.25) is 0 Å². The highest BCUT2D eigenvalue weighted by atomic mass is 35.5. The second kappa shape index (κ2) is 11.5. The highest BCUT2D eigenvalue weighted by Gasteiger charge is 2.25. The second-order valence-corrected chi connectivity index (χ2v) is 6.26. The molecule has 0 aromatic carbocycles.